The van der Waals surface area contributed by atoms with Crippen LogP contribution in [-0.4, -0.2) is 87.4 Å². The van der Waals surface area contributed by atoms with Crippen molar-refractivity contribution in [2.75, 3.05) is 62.3 Å². The van der Waals surface area contributed by atoms with Gasteiger partial charge in [-0.3, -0.25) is 19.2 Å². The minimum atomic E-state index is -4.16. The van der Waals surface area contributed by atoms with Crippen molar-refractivity contribution in [3.05, 3.63) is 66.7 Å². The molecule has 13 nitrogen and oxygen atoms in total. The Morgan fingerprint density at radius 3 is 2.14 bits per heavy atom. The van der Waals surface area contributed by atoms with Crippen molar-refractivity contribution in [2.24, 2.45) is 0 Å². The van der Waals surface area contributed by atoms with Gasteiger partial charge in [-0.15, -0.1) is 0 Å². The number of para-hydroxylation sites is 2. The molecule has 0 atom stereocenters. The number of benzene rings is 3. The number of hydrogen-bond donors (Lipinski definition) is 3. The van der Waals surface area contributed by atoms with E-state index in [1.165, 1.54) is 26.4 Å². The molecule has 1 aliphatic heterocycles. The lowest BCUT2D eigenvalue weighted by Crippen LogP contribution is -2.48. The molecule has 0 bridgehead atoms. The average molecular weight is 606 g/mol. The van der Waals surface area contributed by atoms with E-state index in [1.54, 1.807) is 53.4 Å². The molecule has 1 aliphatic rings. The number of aromatic nitrogens is 2. The molecule has 0 saturated carbocycles. The second kappa shape index (κ2) is 12.9. The van der Waals surface area contributed by atoms with Crippen LogP contribution in [0.3, 0.4) is 0 Å². The van der Waals surface area contributed by atoms with Crippen LogP contribution in [0.2, 0.25) is 0 Å². The minimum absolute atomic E-state index is 0.0237. The van der Waals surface area contributed by atoms with Gasteiger partial charge in [-0.25, -0.2) is 18.4 Å². The summed E-state index contributed by atoms with van der Waals surface area (Å²) in [6, 6.07) is 18.2. The lowest BCUT2D eigenvalue weighted by atomic mass is 10.2. The first kappa shape index (κ1) is 29.5. The number of hydrogen-bond acceptors (Lipinski definition) is 10. The molecule has 0 radical (unpaired) electrons. The summed E-state index contributed by atoms with van der Waals surface area (Å²) in [5.74, 6) is 0.906. The molecule has 1 aromatic heterocycles. The Kier molecular flexibility index (Phi) is 8.87. The maximum Gasteiger partial charge on any atom is 0.263 e. The molecular weight excluding hydrogens is 574 g/mol. The number of anilines is 4. The Morgan fingerprint density at radius 2 is 1.51 bits per heavy atom. The van der Waals surface area contributed by atoms with E-state index in [2.05, 4.69) is 25.3 Å². The fraction of sp³-hybridized carbons (Fsp3) is 0.241. The van der Waals surface area contributed by atoms with E-state index < -0.39 is 10.0 Å². The normalized spacial score (nSPS) is 13.8. The number of methoxy groups -OCH3 is 2. The summed E-state index contributed by atoms with van der Waals surface area (Å²) < 4.78 is 40.4. The third-order valence-corrected chi connectivity index (χ3v) is 8.10. The van der Waals surface area contributed by atoms with Crippen LogP contribution in [0.4, 0.5) is 23.0 Å². The van der Waals surface area contributed by atoms with Crippen molar-refractivity contribution in [1.29, 1.82) is 0 Å². The van der Waals surface area contributed by atoms with Gasteiger partial charge in [0.05, 0.1) is 36.7 Å². The Bertz CT molecular complexity index is 1720. The van der Waals surface area contributed by atoms with Crippen molar-refractivity contribution in [1.82, 2.24) is 19.8 Å². The number of carbonyl (C=O) groups is 2. The Labute approximate surface area is 248 Å². The number of nitrogens with one attached hydrogen (secondary N) is 3. The van der Waals surface area contributed by atoms with Gasteiger partial charge in [0, 0.05) is 55.8 Å². The molecule has 43 heavy (non-hydrogen) atoms. The summed E-state index contributed by atoms with van der Waals surface area (Å²) in [4.78, 5) is 36.3. The predicted octanol–water partition coefficient (Wildman–Crippen LogP) is 2.90. The lowest BCUT2D eigenvalue weighted by molar-refractivity contribution is -0.120. The van der Waals surface area contributed by atoms with Crippen molar-refractivity contribution in [3.63, 3.8) is 0 Å². The quantitative estimate of drug-likeness (QED) is 0.217. The van der Waals surface area contributed by atoms with E-state index in [1.807, 2.05) is 11.0 Å². The molecule has 0 spiro atoms. The van der Waals surface area contributed by atoms with Crippen LogP contribution < -0.4 is 24.8 Å². The highest BCUT2D eigenvalue weighted by atomic mass is 32.2. The average Bonchev–Trinajstić information content (AvgIpc) is 3.01. The first-order chi connectivity index (χ1) is 20.8. The highest BCUT2D eigenvalue weighted by Gasteiger charge is 2.21. The van der Waals surface area contributed by atoms with E-state index in [0.717, 1.165) is 6.41 Å². The zero-order chi connectivity index (χ0) is 30.4. The molecule has 0 unspecified atom stereocenters. The fourth-order valence-corrected chi connectivity index (χ4v) is 5.59. The standard InChI is InChI=1S/C29H31N7O6S/c1-41-22-14-21(15-23(17-22)42-2)31-28-29(33-26-9-4-3-8-25(26)32-28)34-43(39,40)24-7-5-6-20(16-24)30-27(38)18-35-10-12-36(19-37)13-11-35/h3-9,14-17,19H,10-13,18H2,1-2H3,(H,30,38)(H,31,32)(H,33,34). The van der Waals surface area contributed by atoms with Gasteiger partial charge in [0.1, 0.15) is 11.5 Å². The predicted molar refractivity (Wildman–Crippen MR) is 162 cm³/mol. The van der Waals surface area contributed by atoms with Crippen molar-refractivity contribution < 1.29 is 27.5 Å². The third kappa shape index (κ3) is 7.28. The van der Waals surface area contributed by atoms with Crippen LogP contribution >= 0.6 is 0 Å². The van der Waals surface area contributed by atoms with E-state index in [4.69, 9.17) is 9.47 Å². The number of carbonyl (C=O) groups excluding carboxylic acids is 2. The van der Waals surface area contributed by atoms with Gasteiger partial charge < -0.3 is 25.0 Å². The SMILES string of the molecule is COc1cc(Nc2nc3ccccc3nc2NS(=O)(=O)c2cccc(NC(=O)CN3CCN(C=O)CC3)c2)cc(OC)c1. The largest absolute Gasteiger partial charge is 0.497 e. The maximum absolute atomic E-state index is 13.6. The van der Waals surface area contributed by atoms with Crippen molar-refractivity contribution in [3.8, 4) is 11.5 Å². The Hall–Kier alpha value is -4.95. The minimum Gasteiger partial charge on any atom is -0.497 e. The molecule has 1 fully saturated rings. The van der Waals surface area contributed by atoms with Crippen LogP contribution in [0.15, 0.2) is 71.6 Å². The van der Waals surface area contributed by atoms with Gasteiger partial charge in [-0.05, 0) is 30.3 Å². The second-order valence-corrected chi connectivity index (χ2v) is 11.4. The fourth-order valence-electron chi connectivity index (χ4n) is 4.53. The van der Waals surface area contributed by atoms with E-state index >= 15 is 0 Å². The van der Waals surface area contributed by atoms with Gasteiger partial charge >= 0.3 is 0 Å². The number of rotatable bonds is 11. The van der Waals surface area contributed by atoms with Gasteiger partial charge in [0.25, 0.3) is 10.0 Å². The topological polar surface area (TPSA) is 155 Å². The number of fused-ring (bicyclic) bond motifs is 1. The lowest BCUT2D eigenvalue weighted by Gasteiger charge is -2.31. The molecule has 3 aromatic carbocycles. The summed E-state index contributed by atoms with van der Waals surface area (Å²) in [7, 11) is -1.10. The molecule has 1 saturated heterocycles. The third-order valence-electron chi connectivity index (χ3n) is 6.77. The molecule has 4 aromatic rings. The number of piperazine rings is 1. The van der Waals surface area contributed by atoms with Crippen molar-refractivity contribution >= 4 is 56.4 Å². The summed E-state index contributed by atoms with van der Waals surface area (Å²) in [5, 5.41) is 5.89. The molecule has 14 heteroatoms. The van der Waals surface area contributed by atoms with Crippen LogP contribution in [0.5, 0.6) is 11.5 Å². The molecule has 3 N–H and O–H groups in total. The van der Waals surface area contributed by atoms with Crippen LogP contribution in [0.25, 0.3) is 11.0 Å². The Balaban J connectivity index is 1.37. The highest BCUT2D eigenvalue weighted by Crippen LogP contribution is 2.31. The molecule has 0 aliphatic carbocycles. The van der Waals surface area contributed by atoms with E-state index in [-0.39, 0.29) is 29.0 Å². The number of amides is 2. The second-order valence-electron chi connectivity index (χ2n) is 9.73. The van der Waals surface area contributed by atoms with E-state index in [9.17, 15) is 18.0 Å². The van der Waals surface area contributed by atoms with Gasteiger partial charge in [0.2, 0.25) is 12.3 Å². The summed E-state index contributed by atoms with van der Waals surface area (Å²) in [6.45, 7) is 2.39. The number of ether oxygens (including phenoxy) is 2. The molecule has 224 valence electrons. The monoisotopic (exact) mass is 605 g/mol. The van der Waals surface area contributed by atoms with Crippen molar-refractivity contribution in [2.45, 2.75) is 4.90 Å². The summed E-state index contributed by atoms with van der Waals surface area (Å²) in [5.41, 5.74) is 1.91. The first-order valence-electron chi connectivity index (χ1n) is 13.4. The van der Waals surface area contributed by atoms with Crippen LogP contribution in [0, 0.1) is 0 Å². The summed E-state index contributed by atoms with van der Waals surface area (Å²) in [6.07, 6.45) is 0.801. The molecular formula is C29H31N7O6S. The smallest absolute Gasteiger partial charge is 0.263 e. The molecule has 2 amide bonds. The molecule has 5 rings (SSSR count). The van der Waals surface area contributed by atoms with Gasteiger partial charge in [-0.1, -0.05) is 18.2 Å². The van der Waals surface area contributed by atoms with Gasteiger partial charge in [0.15, 0.2) is 11.6 Å². The first-order valence-corrected chi connectivity index (χ1v) is 14.9. The number of sulfonamides is 1. The maximum atomic E-state index is 13.6. The highest BCUT2D eigenvalue weighted by molar-refractivity contribution is 7.92. The van der Waals surface area contributed by atoms with Crippen LogP contribution in [0.1, 0.15) is 0 Å². The van der Waals surface area contributed by atoms with E-state index in [0.29, 0.717) is 60.1 Å². The van der Waals surface area contributed by atoms with Crippen LogP contribution in [-0.2, 0) is 19.6 Å². The zero-order valence-electron chi connectivity index (χ0n) is 23.6. The van der Waals surface area contributed by atoms with Gasteiger partial charge in [-0.2, -0.15) is 0 Å². The molecule has 2 heterocycles. The zero-order valence-corrected chi connectivity index (χ0v) is 24.4. The number of nitrogens with zero attached hydrogens (tertiary/aromatic N) is 4. The summed E-state index contributed by atoms with van der Waals surface area (Å²) >= 11 is 0. The Morgan fingerprint density at radius 1 is 0.860 bits per heavy atom.